The molecule has 3 N–H and O–H groups in total. The summed E-state index contributed by atoms with van der Waals surface area (Å²) in [5.41, 5.74) is 6.02. The number of esters is 1. The monoisotopic (exact) mass is 359 g/mol. The lowest BCUT2D eigenvalue weighted by Gasteiger charge is -2.08. The molecule has 0 fully saturated rings. The molecule has 0 spiro atoms. The number of rotatable bonds is 3. The topological polar surface area (TPSA) is 107 Å². The molecule has 25 heavy (non-hydrogen) atoms. The van der Waals surface area contributed by atoms with Crippen LogP contribution in [0.15, 0.2) is 6.33 Å². The average Bonchev–Trinajstić information content (AvgIpc) is 3.04. The van der Waals surface area contributed by atoms with Crippen LogP contribution < -0.4 is 10.5 Å². The summed E-state index contributed by atoms with van der Waals surface area (Å²) in [6.07, 6.45) is 0.527. The van der Waals surface area contributed by atoms with Crippen molar-refractivity contribution in [2.24, 2.45) is 0 Å². The van der Waals surface area contributed by atoms with Gasteiger partial charge in [0.2, 0.25) is 34.8 Å². The molecular formula is C13H6F5N5O2. The Morgan fingerprint density at radius 3 is 2.28 bits per heavy atom. The van der Waals surface area contributed by atoms with Crippen LogP contribution in [0.2, 0.25) is 0 Å². The predicted octanol–water partition coefficient (Wildman–Crippen LogP) is 1.78. The van der Waals surface area contributed by atoms with Crippen molar-refractivity contribution in [2.75, 3.05) is 5.73 Å². The highest BCUT2D eigenvalue weighted by atomic mass is 19.2. The van der Waals surface area contributed by atoms with Gasteiger partial charge in [-0.05, 0) is 0 Å². The van der Waals surface area contributed by atoms with Crippen molar-refractivity contribution >= 4 is 23.0 Å². The lowest BCUT2D eigenvalue weighted by Crippen LogP contribution is -2.17. The molecule has 0 saturated carbocycles. The molecule has 0 bridgehead atoms. The van der Waals surface area contributed by atoms with Crippen molar-refractivity contribution < 1.29 is 31.5 Å². The zero-order valence-corrected chi connectivity index (χ0v) is 11.9. The Balaban J connectivity index is 1.88. The van der Waals surface area contributed by atoms with Gasteiger partial charge in [-0.25, -0.2) is 28.1 Å². The van der Waals surface area contributed by atoms with E-state index in [1.807, 2.05) is 0 Å². The molecule has 0 aliphatic heterocycles. The first-order chi connectivity index (χ1) is 11.8. The predicted molar refractivity (Wildman–Crippen MR) is 71.7 cm³/mol. The summed E-state index contributed by atoms with van der Waals surface area (Å²) in [4.78, 5) is 25.8. The van der Waals surface area contributed by atoms with Crippen LogP contribution in [-0.4, -0.2) is 25.9 Å². The summed E-state index contributed by atoms with van der Waals surface area (Å²) in [7, 11) is 0. The lowest BCUT2D eigenvalue weighted by atomic mass is 10.2. The number of carbonyl (C=O) groups is 1. The van der Waals surface area contributed by atoms with E-state index in [4.69, 9.17) is 5.73 Å². The molecule has 0 unspecified atom stereocenters. The standard InChI is InChI=1S/C13H6F5N5O2/c14-5-6(15)8(17)11(9(18)7(5)16)25-4(24)1-3-22-12(19)10-13(23-3)21-2-20-10/h2H,1H2,(H3,19,20,21,22,23). The molecule has 0 aliphatic carbocycles. The van der Waals surface area contributed by atoms with E-state index in [2.05, 4.69) is 24.7 Å². The van der Waals surface area contributed by atoms with Crippen molar-refractivity contribution in [3.05, 3.63) is 41.2 Å². The minimum atomic E-state index is -2.37. The number of halogens is 5. The number of nitrogens with one attached hydrogen (secondary N) is 1. The van der Waals surface area contributed by atoms with Crippen LogP contribution in [0.25, 0.3) is 11.2 Å². The number of ether oxygens (including phenoxy) is 1. The number of fused-ring (bicyclic) bond motifs is 1. The summed E-state index contributed by atoms with van der Waals surface area (Å²) < 4.78 is 70.2. The zero-order valence-electron chi connectivity index (χ0n) is 11.9. The summed E-state index contributed by atoms with van der Waals surface area (Å²) in [6.45, 7) is 0. The first-order valence-corrected chi connectivity index (χ1v) is 6.47. The Morgan fingerprint density at radius 2 is 1.64 bits per heavy atom. The van der Waals surface area contributed by atoms with Crippen LogP contribution in [0, 0.1) is 29.1 Å². The van der Waals surface area contributed by atoms with E-state index < -0.39 is 47.2 Å². The molecule has 0 aliphatic rings. The van der Waals surface area contributed by atoms with Gasteiger partial charge in [-0.1, -0.05) is 0 Å². The first-order valence-electron chi connectivity index (χ1n) is 6.47. The Kier molecular flexibility index (Phi) is 3.94. The van der Waals surface area contributed by atoms with Gasteiger partial charge in [0.1, 0.15) is 17.8 Å². The minimum Gasteiger partial charge on any atom is -0.420 e. The normalized spacial score (nSPS) is 11.1. The second kappa shape index (κ2) is 5.96. The lowest BCUT2D eigenvalue weighted by molar-refractivity contribution is -0.134. The number of imidazole rings is 1. The van der Waals surface area contributed by atoms with Gasteiger partial charge in [-0.3, -0.25) is 4.79 Å². The van der Waals surface area contributed by atoms with E-state index in [1.54, 1.807) is 0 Å². The van der Waals surface area contributed by atoms with Gasteiger partial charge in [0.15, 0.2) is 11.5 Å². The van der Waals surface area contributed by atoms with E-state index in [1.165, 1.54) is 6.33 Å². The summed E-state index contributed by atoms with van der Waals surface area (Å²) in [5, 5.41) is 0. The number of anilines is 1. The van der Waals surface area contributed by atoms with Crippen molar-refractivity contribution in [1.82, 2.24) is 19.9 Å². The third kappa shape index (κ3) is 2.81. The molecule has 130 valence electrons. The molecule has 12 heteroatoms. The Labute approximate surface area is 134 Å². The fraction of sp³-hybridized carbons (Fsp3) is 0.0769. The van der Waals surface area contributed by atoms with Gasteiger partial charge < -0.3 is 15.5 Å². The van der Waals surface area contributed by atoms with E-state index >= 15 is 0 Å². The van der Waals surface area contributed by atoms with Crippen molar-refractivity contribution in [2.45, 2.75) is 6.42 Å². The van der Waals surface area contributed by atoms with E-state index in [-0.39, 0.29) is 17.3 Å². The fourth-order valence-corrected chi connectivity index (χ4v) is 1.93. The van der Waals surface area contributed by atoms with E-state index in [0.717, 1.165) is 0 Å². The highest BCUT2D eigenvalue weighted by Crippen LogP contribution is 2.29. The van der Waals surface area contributed by atoms with Crippen molar-refractivity contribution in [3.63, 3.8) is 0 Å². The van der Waals surface area contributed by atoms with Crippen molar-refractivity contribution in [1.29, 1.82) is 0 Å². The zero-order chi connectivity index (χ0) is 18.3. The maximum Gasteiger partial charge on any atom is 0.319 e. The van der Waals surface area contributed by atoms with Gasteiger partial charge >= 0.3 is 5.97 Å². The summed E-state index contributed by atoms with van der Waals surface area (Å²) in [6, 6.07) is 0. The maximum absolute atomic E-state index is 13.5. The number of nitrogens with two attached hydrogens (primary N) is 1. The molecule has 0 radical (unpaired) electrons. The number of carbonyl (C=O) groups excluding carboxylic acids is 1. The summed E-state index contributed by atoms with van der Waals surface area (Å²) in [5.74, 6) is -14.7. The molecule has 0 atom stereocenters. The molecule has 2 heterocycles. The number of aromatic amines is 1. The molecule has 0 amide bonds. The van der Waals surface area contributed by atoms with Gasteiger partial charge in [0, 0.05) is 0 Å². The number of nitrogens with zero attached hydrogens (tertiary/aromatic N) is 3. The number of nitrogen functional groups attached to an aromatic ring is 1. The van der Waals surface area contributed by atoms with Gasteiger partial charge in [0.25, 0.3) is 0 Å². The van der Waals surface area contributed by atoms with Crippen LogP contribution >= 0.6 is 0 Å². The Morgan fingerprint density at radius 1 is 1.04 bits per heavy atom. The second-order valence-corrected chi connectivity index (χ2v) is 4.68. The van der Waals surface area contributed by atoms with Crippen LogP contribution in [0.3, 0.4) is 0 Å². The SMILES string of the molecule is Nc1nc(CC(=O)Oc2c(F)c(F)c(F)c(F)c2F)nc2nc[nH]c12. The second-order valence-electron chi connectivity index (χ2n) is 4.68. The highest BCUT2D eigenvalue weighted by molar-refractivity contribution is 5.82. The van der Waals surface area contributed by atoms with E-state index in [9.17, 15) is 26.7 Å². The average molecular weight is 359 g/mol. The smallest absolute Gasteiger partial charge is 0.319 e. The maximum atomic E-state index is 13.5. The van der Waals surface area contributed by atoms with Gasteiger partial charge in [-0.2, -0.15) is 8.78 Å². The Bertz CT molecular complexity index is 977. The third-order valence-electron chi connectivity index (χ3n) is 3.05. The number of aromatic nitrogens is 4. The molecule has 2 aromatic heterocycles. The first kappa shape index (κ1) is 16.5. The largest absolute Gasteiger partial charge is 0.420 e. The van der Waals surface area contributed by atoms with E-state index in [0.29, 0.717) is 5.52 Å². The fourth-order valence-electron chi connectivity index (χ4n) is 1.93. The molecule has 1 aromatic carbocycles. The quantitative estimate of drug-likeness (QED) is 0.243. The van der Waals surface area contributed by atoms with Crippen LogP contribution in [0.4, 0.5) is 27.8 Å². The minimum absolute atomic E-state index is 0.0541. The third-order valence-corrected chi connectivity index (χ3v) is 3.05. The van der Waals surface area contributed by atoms with Crippen LogP contribution in [0.5, 0.6) is 5.75 Å². The Hall–Kier alpha value is -3.31. The van der Waals surface area contributed by atoms with Crippen LogP contribution in [-0.2, 0) is 11.2 Å². The molecule has 0 saturated heterocycles. The summed E-state index contributed by atoms with van der Waals surface area (Å²) >= 11 is 0. The van der Waals surface area contributed by atoms with Crippen molar-refractivity contribution in [3.8, 4) is 5.75 Å². The molecule has 7 nitrogen and oxygen atoms in total. The van der Waals surface area contributed by atoms with Gasteiger partial charge in [0.05, 0.1) is 6.33 Å². The highest BCUT2D eigenvalue weighted by Gasteiger charge is 2.28. The number of H-pyrrole nitrogens is 1. The number of hydrogen-bond donors (Lipinski definition) is 2. The molecular weight excluding hydrogens is 353 g/mol. The van der Waals surface area contributed by atoms with Gasteiger partial charge in [-0.15, -0.1) is 0 Å². The van der Waals surface area contributed by atoms with Crippen LogP contribution in [0.1, 0.15) is 5.82 Å². The molecule has 3 rings (SSSR count). The number of hydrogen-bond acceptors (Lipinski definition) is 6. The molecule has 3 aromatic rings. The number of benzene rings is 1.